The van der Waals surface area contributed by atoms with E-state index in [-0.39, 0.29) is 25.0 Å². The van der Waals surface area contributed by atoms with Crippen LogP contribution in [0.5, 0.6) is 11.5 Å². The first kappa shape index (κ1) is 15.6. The first-order chi connectivity index (χ1) is 11.1. The van der Waals surface area contributed by atoms with E-state index in [9.17, 15) is 14.7 Å². The molecule has 1 saturated heterocycles. The molecule has 2 atom stereocenters. The van der Waals surface area contributed by atoms with Gasteiger partial charge in [0.15, 0.2) is 18.1 Å². The Bertz CT molecular complexity index is 598. The number of benzene rings is 1. The molecular weight excluding hydrogens is 298 g/mol. The van der Waals surface area contributed by atoms with E-state index >= 15 is 0 Å². The topological polar surface area (TPSA) is 76.1 Å². The summed E-state index contributed by atoms with van der Waals surface area (Å²) in [7, 11) is 1.54. The molecule has 0 radical (unpaired) electrons. The van der Waals surface area contributed by atoms with E-state index in [0.29, 0.717) is 24.0 Å². The summed E-state index contributed by atoms with van der Waals surface area (Å²) in [4.78, 5) is 25.4. The first-order valence-corrected chi connectivity index (χ1v) is 7.86. The van der Waals surface area contributed by atoms with Crippen molar-refractivity contribution in [2.75, 3.05) is 26.8 Å². The Labute approximate surface area is 135 Å². The Morgan fingerprint density at radius 3 is 2.52 bits per heavy atom. The zero-order valence-electron chi connectivity index (χ0n) is 13.1. The van der Waals surface area contributed by atoms with Crippen LogP contribution in [0.2, 0.25) is 0 Å². The third-order valence-electron chi connectivity index (χ3n) is 4.68. The largest absolute Gasteiger partial charge is 0.493 e. The van der Waals surface area contributed by atoms with Gasteiger partial charge >= 0.3 is 5.97 Å². The van der Waals surface area contributed by atoms with Gasteiger partial charge in [-0.25, -0.2) is 0 Å². The monoisotopic (exact) mass is 319 g/mol. The second-order valence-corrected chi connectivity index (χ2v) is 6.18. The van der Waals surface area contributed by atoms with Crippen LogP contribution in [0.15, 0.2) is 24.3 Å². The van der Waals surface area contributed by atoms with Gasteiger partial charge in [-0.3, -0.25) is 9.59 Å². The molecule has 0 aromatic heterocycles. The van der Waals surface area contributed by atoms with E-state index in [1.165, 1.54) is 0 Å². The number of carboxylic acid groups (broad SMARTS) is 1. The molecule has 0 bridgehead atoms. The van der Waals surface area contributed by atoms with Crippen LogP contribution in [0.1, 0.15) is 12.8 Å². The first-order valence-electron chi connectivity index (χ1n) is 7.86. The predicted molar refractivity (Wildman–Crippen MR) is 82.4 cm³/mol. The summed E-state index contributed by atoms with van der Waals surface area (Å²) in [5.41, 5.74) is 0. The van der Waals surface area contributed by atoms with Crippen LogP contribution in [0.4, 0.5) is 0 Å². The van der Waals surface area contributed by atoms with Crippen LogP contribution in [0.3, 0.4) is 0 Å². The highest BCUT2D eigenvalue weighted by Gasteiger charge is 2.46. The van der Waals surface area contributed by atoms with Crippen LogP contribution in [-0.4, -0.2) is 48.7 Å². The molecule has 1 aromatic carbocycles. The van der Waals surface area contributed by atoms with E-state index in [0.717, 1.165) is 12.8 Å². The number of amides is 1. The highest BCUT2D eigenvalue weighted by molar-refractivity contribution is 5.80. The molecule has 1 amide bonds. The third-order valence-corrected chi connectivity index (χ3v) is 4.68. The number of aliphatic carboxylic acids is 1. The molecule has 1 aliphatic carbocycles. The van der Waals surface area contributed by atoms with Crippen LogP contribution in [0, 0.1) is 17.8 Å². The van der Waals surface area contributed by atoms with Crippen molar-refractivity contribution in [3.63, 3.8) is 0 Å². The average molecular weight is 319 g/mol. The number of ether oxygens (including phenoxy) is 2. The van der Waals surface area contributed by atoms with Crippen molar-refractivity contribution in [1.82, 2.24) is 4.90 Å². The predicted octanol–water partition coefficient (Wildman–Crippen LogP) is 1.64. The van der Waals surface area contributed by atoms with Gasteiger partial charge in [-0.15, -0.1) is 0 Å². The Kier molecular flexibility index (Phi) is 4.41. The van der Waals surface area contributed by atoms with Crippen molar-refractivity contribution in [3.05, 3.63) is 24.3 Å². The lowest BCUT2D eigenvalue weighted by Gasteiger charge is -2.17. The van der Waals surface area contributed by atoms with Gasteiger partial charge in [-0.2, -0.15) is 0 Å². The molecule has 1 heterocycles. The maximum Gasteiger partial charge on any atom is 0.308 e. The molecular formula is C17H21NO5. The fourth-order valence-corrected chi connectivity index (χ4v) is 3.26. The number of methoxy groups -OCH3 is 1. The lowest BCUT2D eigenvalue weighted by Crippen LogP contribution is -2.34. The molecule has 0 unspecified atom stereocenters. The fraction of sp³-hybridized carbons (Fsp3) is 0.529. The molecule has 23 heavy (non-hydrogen) atoms. The summed E-state index contributed by atoms with van der Waals surface area (Å²) in [6.45, 7) is 0.699. The van der Waals surface area contributed by atoms with Crippen LogP contribution in [-0.2, 0) is 9.59 Å². The van der Waals surface area contributed by atoms with Gasteiger partial charge in [0.2, 0.25) is 0 Å². The van der Waals surface area contributed by atoms with Gasteiger partial charge in [0.05, 0.1) is 13.0 Å². The molecule has 6 heteroatoms. The van der Waals surface area contributed by atoms with Crippen molar-refractivity contribution in [3.8, 4) is 11.5 Å². The highest BCUT2D eigenvalue weighted by Crippen LogP contribution is 2.44. The standard InChI is InChI=1S/C17H21NO5/c1-22-14-4-2-3-5-15(14)23-10-16(19)18-8-12(11-6-7-11)13(9-18)17(20)21/h2-5,11-13H,6-10H2,1H3,(H,20,21)/t12-,13+/m1/s1. The van der Waals surface area contributed by atoms with Gasteiger partial charge < -0.3 is 19.5 Å². The van der Waals surface area contributed by atoms with Crippen LogP contribution >= 0.6 is 0 Å². The Morgan fingerprint density at radius 1 is 1.22 bits per heavy atom. The minimum Gasteiger partial charge on any atom is -0.493 e. The number of hydrogen-bond donors (Lipinski definition) is 1. The summed E-state index contributed by atoms with van der Waals surface area (Å²) >= 11 is 0. The SMILES string of the molecule is COc1ccccc1OCC(=O)N1C[C@H](C(=O)O)[C@@H](C2CC2)C1. The van der Waals surface area contributed by atoms with Gasteiger partial charge in [-0.05, 0) is 36.8 Å². The van der Waals surface area contributed by atoms with Crippen molar-refractivity contribution in [2.45, 2.75) is 12.8 Å². The lowest BCUT2D eigenvalue weighted by atomic mass is 9.92. The van der Waals surface area contributed by atoms with Crippen molar-refractivity contribution < 1.29 is 24.2 Å². The number of rotatable bonds is 6. The fourth-order valence-electron chi connectivity index (χ4n) is 3.26. The number of carboxylic acids is 1. The smallest absolute Gasteiger partial charge is 0.308 e. The van der Waals surface area contributed by atoms with E-state index in [1.54, 1.807) is 24.1 Å². The quantitative estimate of drug-likeness (QED) is 0.863. The molecule has 124 valence electrons. The molecule has 2 fully saturated rings. The average Bonchev–Trinajstić information content (AvgIpc) is 3.30. The minimum atomic E-state index is -0.803. The summed E-state index contributed by atoms with van der Waals surface area (Å²) in [6.07, 6.45) is 2.16. The second-order valence-electron chi connectivity index (χ2n) is 6.18. The molecule has 1 aromatic rings. The number of nitrogens with zero attached hydrogens (tertiary/aromatic N) is 1. The molecule has 1 saturated carbocycles. The normalized spacial score (nSPS) is 23.6. The summed E-state index contributed by atoms with van der Waals surface area (Å²) in [6, 6.07) is 7.13. The summed E-state index contributed by atoms with van der Waals surface area (Å²) in [5.74, 6) is 0.203. The number of carbonyl (C=O) groups excluding carboxylic acids is 1. The Hall–Kier alpha value is -2.24. The maximum atomic E-state index is 12.3. The molecule has 2 aliphatic rings. The van der Waals surface area contributed by atoms with E-state index in [1.807, 2.05) is 12.1 Å². The van der Waals surface area contributed by atoms with Crippen molar-refractivity contribution >= 4 is 11.9 Å². The van der Waals surface area contributed by atoms with E-state index in [2.05, 4.69) is 0 Å². The Morgan fingerprint density at radius 2 is 1.91 bits per heavy atom. The van der Waals surface area contributed by atoms with E-state index in [4.69, 9.17) is 9.47 Å². The van der Waals surface area contributed by atoms with Gasteiger partial charge in [0.25, 0.3) is 5.91 Å². The third kappa shape index (κ3) is 3.41. The molecule has 6 nitrogen and oxygen atoms in total. The molecule has 3 rings (SSSR count). The minimum absolute atomic E-state index is 0.0858. The van der Waals surface area contributed by atoms with Gasteiger partial charge in [0.1, 0.15) is 0 Å². The van der Waals surface area contributed by atoms with Crippen molar-refractivity contribution in [1.29, 1.82) is 0 Å². The molecule has 1 aliphatic heterocycles. The number of hydrogen-bond acceptors (Lipinski definition) is 4. The highest BCUT2D eigenvalue weighted by atomic mass is 16.5. The van der Waals surface area contributed by atoms with E-state index < -0.39 is 11.9 Å². The number of para-hydroxylation sites is 2. The molecule has 1 N–H and O–H groups in total. The number of likely N-dealkylation sites (tertiary alicyclic amines) is 1. The van der Waals surface area contributed by atoms with Gasteiger partial charge in [0, 0.05) is 13.1 Å². The summed E-state index contributed by atoms with van der Waals surface area (Å²) < 4.78 is 10.7. The van der Waals surface area contributed by atoms with Gasteiger partial charge in [-0.1, -0.05) is 12.1 Å². The maximum absolute atomic E-state index is 12.3. The van der Waals surface area contributed by atoms with Crippen LogP contribution < -0.4 is 9.47 Å². The molecule has 0 spiro atoms. The lowest BCUT2D eigenvalue weighted by molar-refractivity contribution is -0.142. The Balaban J connectivity index is 1.59. The van der Waals surface area contributed by atoms with Crippen molar-refractivity contribution in [2.24, 2.45) is 17.8 Å². The zero-order valence-corrected chi connectivity index (χ0v) is 13.1. The second kappa shape index (κ2) is 6.48. The van der Waals surface area contributed by atoms with Crippen LogP contribution in [0.25, 0.3) is 0 Å². The number of carbonyl (C=O) groups is 2. The summed E-state index contributed by atoms with van der Waals surface area (Å²) in [5, 5.41) is 9.35. The zero-order chi connectivity index (χ0) is 16.4.